The molecule has 0 rings (SSSR count). The Balaban J connectivity index is 0. The van der Waals surface area contributed by atoms with E-state index in [9.17, 15) is 0 Å². The molecule has 15 heavy (non-hydrogen) atoms. The maximum Gasteiger partial charge on any atom is -0.0353 e. The molecule has 0 nitrogen and oxygen atoms in total. The first-order valence-electron chi connectivity index (χ1n) is 6.55. The highest BCUT2D eigenvalue weighted by Crippen LogP contribution is 2.04. The smallest absolute Gasteiger partial charge is 0.0353 e. The van der Waals surface area contributed by atoms with Crippen molar-refractivity contribution in [1.82, 2.24) is 0 Å². The van der Waals surface area contributed by atoms with Gasteiger partial charge >= 0.3 is 0 Å². The summed E-state index contributed by atoms with van der Waals surface area (Å²) in [4.78, 5) is 0. The molecule has 90 valence electrons. The predicted octanol–water partition coefficient (Wildman–Crippen LogP) is 5.90. The maximum absolute atomic E-state index is 3.68. The summed E-state index contributed by atoms with van der Waals surface area (Å²) in [6, 6.07) is 0. The minimum absolute atomic E-state index is 1.18. The Hall–Kier alpha value is -0.520. The van der Waals surface area contributed by atoms with Crippen LogP contribution in [0.2, 0.25) is 0 Å². The number of allylic oxidation sites excluding steroid dienone is 2. The summed E-state index contributed by atoms with van der Waals surface area (Å²) < 4.78 is 0. The highest BCUT2D eigenvalue weighted by Gasteiger charge is 1.84. The van der Waals surface area contributed by atoms with Gasteiger partial charge in [0.25, 0.3) is 0 Å². The zero-order chi connectivity index (χ0) is 11.8. The van der Waals surface area contributed by atoms with Crippen LogP contribution in [0.4, 0.5) is 0 Å². The topological polar surface area (TPSA) is 0 Å². The Labute approximate surface area is 97.5 Å². The third kappa shape index (κ3) is 24.7. The van der Waals surface area contributed by atoms with E-state index in [0.29, 0.717) is 0 Å². The average Bonchev–Trinajstić information content (AvgIpc) is 2.27. The second kappa shape index (κ2) is 19.1. The highest BCUT2D eigenvalue weighted by atomic mass is 13.9. The molecular formula is C15H30. The SMILES string of the molecule is C=CCCCC.C=CCCCCCCC. The van der Waals surface area contributed by atoms with E-state index in [1.54, 1.807) is 0 Å². The molecule has 0 unspecified atom stereocenters. The first kappa shape index (κ1) is 16.9. The molecule has 0 aromatic rings. The third-order valence-electron chi connectivity index (χ3n) is 2.27. The third-order valence-corrected chi connectivity index (χ3v) is 2.27. The molecule has 0 N–H and O–H groups in total. The monoisotopic (exact) mass is 210 g/mol. The van der Waals surface area contributed by atoms with Gasteiger partial charge in [0.05, 0.1) is 0 Å². The molecule has 0 aromatic carbocycles. The maximum atomic E-state index is 3.68. The van der Waals surface area contributed by atoms with E-state index in [2.05, 4.69) is 27.0 Å². The van der Waals surface area contributed by atoms with Crippen LogP contribution in [-0.4, -0.2) is 0 Å². The lowest BCUT2D eigenvalue weighted by molar-refractivity contribution is 0.638. The fourth-order valence-electron chi connectivity index (χ4n) is 1.24. The quantitative estimate of drug-likeness (QED) is 0.328. The summed E-state index contributed by atoms with van der Waals surface area (Å²) in [5.74, 6) is 0. The lowest BCUT2D eigenvalue weighted by Gasteiger charge is -1.94. The van der Waals surface area contributed by atoms with Crippen LogP contribution in [0.3, 0.4) is 0 Å². The number of hydrogen-bond acceptors (Lipinski definition) is 0. The number of rotatable bonds is 9. The first-order chi connectivity index (χ1) is 7.33. The van der Waals surface area contributed by atoms with Crippen molar-refractivity contribution in [1.29, 1.82) is 0 Å². The lowest BCUT2D eigenvalue weighted by Crippen LogP contribution is -1.74. The van der Waals surface area contributed by atoms with E-state index in [0.717, 1.165) is 0 Å². The van der Waals surface area contributed by atoms with E-state index in [1.807, 2.05) is 12.2 Å². The predicted molar refractivity (Wildman–Crippen MR) is 73.3 cm³/mol. The van der Waals surface area contributed by atoms with Gasteiger partial charge in [-0.1, -0.05) is 64.5 Å². The molecule has 0 aromatic heterocycles. The summed E-state index contributed by atoms with van der Waals surface area (Å²) in [5, 5.41) is 0. The molecule has 0 aliphatic rings. The van der Waals surface area contributed by atoms with Gasteiger partial charge in [-0.3, -0.25) is 0 Å². The summed E-state index contributed by atoms with van der Waals surface area (Å²) >= 11 is 0. The second-order valence-electron chi connectivity index (χ2n) is 3.92. The van der Waals surface area contributed by atoms with E-state index in [1.165, 1.54) is 57.8 Å². The Kier molecular flexibility index (Phi) is 21.5. The zero-order valence-corrected chi connectivity index (χ0v) is 10.9. The van der Waals surface area contributed by atoms with Crippen molar-refractivity contribution >= 4 is 0 Å². The summed E-state index contributed by atoms with van der Waals surface area (Å²) in [5.41, 5.74) is 0. The van der Waals surface area contributed by atoms with Gasteiger partial charge in [-0.2, -0.15) is 0 Å². The van der Waals surface area contributed by atoms with Gasteiger partial charge in [0.2, 0.25) is 0 Å². The lowest BCUT2D eigenvalue weighted by atomic mass is 10.1. The number of hydrogen-bond donors (Lipinski definition) is 0. The second-order valence-corrected chi connectivity index (χ2v) is 3.92. The standard InChI is InChI=1S/C9H18.C6H12/c1-3-5-7-9-8-6-4-2;1-3-5-6-4-2/h3H,1,4-9H2,2H3;3H,1,4-6H2,2H3. The van der Waals surface area contributed by atoms with Crippen molar-refractivity contribution in [2.75, 3.05) is 0 Å². The largest absolute Gasteiger partial charge is 0.103 e. The molecule has 0 spiro atoms. The summed E-state index contributed by atoms with van der Waals surface area (Å²) in [6.07, 6.45) is 15.8. The van der Waals surface area contributed by atoms with Gasteiger partial charge < -0.3 is 0 Å². The molecule has 0 amide bonds. The van der Waals surface area contributed by atoms with Crippen LogP contribution in [0.5, 0.6) is 0 Å². The Bertz CT molecular complexity index is 113. The number of unbranched alkanes of at least 4 members (excludes halogenated alkanes) is 7. The fourth-order valence-corrected chi connectivity index (χ4v) is 1.24. The molecule has 0 radical (unpaired) electrons. The van der Waals surface area contributed by atoms with Crippen LogP contribution in [0.1, 0.15) is 71.6 Å². The Morgan fingerprint density at radius 3 is 1.53 bits per heavy atom. The zero-order valence-electron chi connectivity index (χ0n) is 10.9. The summed E-state index contributed by atoms with van der Waals surface area (Å²) in [7, 11) is 0. The molecule has 0 saturated heterocycles. The Morgan fingerprint density at radius 2 is 1.13 bits per heavy atom. The van der Waals surface area contributed by atoms with Gasteiger partial charge in [-0.25, -0.2) is 0 Å². The van der Waals surface area contributed by atoms with Crippen molar-refractivity contribution in [2.24, 2.45) is 0 Å². The van der Waals surface area contributed by atoms with Crippen molar-refractivity contribution in [3.8, 4) is 0 Å². The van der Waals surface area contributed by atoms with Crippen LogP contribution >= 0.6 is 0 Å². The van der Waals surface area contributed by atoms with E-state index in [-0.39, 0.29) is 0 Å². The van der Waals surface area contributed by atoms with Gasteiger partial charge in [0, 0.05) is 0 Å². The van der Waals surface area contributed by atoms with E-state index < -0.39 is 0 Å². The Morgan fingerprint density at radius 1 is 0.667 bits per heavy atom. The molecule has 0 heteroatoms. The molecule has 0 bridgehead atoms. The van der Waals surface area contributed by atoms with Gasteiger partial charge in [-0.15, -0.1) is 13.2 Å². The van der Waals surface area contributed by atoms with Crippen molar-refractivity contribution in [3.05, 3.63) is 25.3 Å². The van der Waals surface area contributed by atoms with Gasteiger partial charge in [0.1, 0.15) is 0 Å². The van der Waals surface area contributed by atoms with Gasteiger partial charge in [-0.05, 0) is 19.3 Å². The van der Waals surface area contributed by atoms with Crippen LogP contribution in [0, 0.1) is 0 Å². The van der Waals surface area contributed by atoms with Crippen LogP contribution < -0.4 is 0 Å². The van der Waals surface area contributed by atoms with E-state index >= 15 is 0 Å². The van der Waals surface area contributed by atoms with Crippen LogP contribution in [0.25, 0.3) is 0 Å². The fraction of sp³-hybridized carbons (Fsp3) is 0.733. The van der Waals surface area contributed by atoms with Crippen molar-refractivity contribution in [2.45, 2.75) is 71.6 Å². The molecule has 0 atom stereocenters. The highest BCUT2D eigenvalue weighted by molar-refractivity contribution is 4.65. The molecule has 0 saturated carbocycles. The van der Waals surface area contributed by atoms with Crippen molar-refractivity contribution < 1.29 is 0 Å². The molecule has 0 aliphatic heterocycles. The van der Waals surface area contributed by atoms with Crippen LogP contribution in [0.15, 0.2) is 25.3 Å². The molecule has 0 aliphatic carbocycles. The molecule has 0 fully saturated rings. The van der Waals surface area contributed by atoms with E-state index in [4.69, 9.17) is 0 Å². The van der Waals surface area contributed by atoms with Gasteiger partial charge in [0.15, 0.2) is 0 Å². The molecule has 0 heterocycles. The minimum atomic E-state index is 1.18. The summed E-state index contributed by atoms with van der Waals surface area (Å²) in [6.45, 7) is 11.7. The van der Waals surface area contributed by atoms with Crippen molar-refractivity contribution in [3.63, 3.8) is 0 Å². The average molecular weight is 210 g/mol. The normalized spacial score (nSPS) is 8.93. The first-order valence-corrected chi connectivity index (χ1v) is 6.55. The molecular weight excluding hydrogens is 180 g/mol. The van der Waals surface area contributed by atoms with Crippen LogP contribution in [-0.2, 0) is 0 Å². The minimum Gasteiger partial charge on any atom is -0.103 e.